The second kappa shape index (κ2) is 2.80. The van der Waals surface area contributed by atoms with E-state index in [1.54, 1.807) is 6.92 Å². The third kappa shape index (κ3) is 1.25. The van der Waals surface area contributed by atoms with E-state index in [0.717, 1.165) is 12.8 Å². The molecular formula is C9H14N2O2. The molecular weight excluding hydrogens is 168 g/mol. The average Bonchev–Trinajstić information content (AvgIpc) is 2.22. The van der Waals surface area contributed by atoms with Crippen molar-refractivity contribution in [1.29, 1.82) is 0 Å². The van der Waals surface area contributed by atoms with E-state index in [2.05, 4.69) is 0 Å². The maximum absolute atomic E-state index is 11.5. The number of likely N-dealkylation sites (tertiary alicyclic amines) is 1. The molecule has 1 atom stereocenters. The van der Waals surface area contributed by atoms with Crippen molar-refractivity contribution < 1.29 is 9.59 Å². The van der Waals surface area contributed by atoms with Crippen LogP contribution in [0.25, 0.3) is 0 Å². The molecule has 0 aromatic heterocycles. The van der Waals surface area contributed by atoms with Gasteiger partial charge in [-0.05, 0) is 12.8 Å². The van der Waals surface area contributed by atoms with Crippen molar-refractivity contribution >= 4 is 11.8 Å². The summed E-state index contributed by atoms with van der Waals surface area (Å²) in [5, 5.41) is 0. The van der Waals surface area contributed by atoms with Gasteiger partial charge in [-0.1, -0.05) is 6.92 Å². The number of amides is 2. The van der Waals surface area contributed by atoms with Crippen molar-refractivity contribution in [3.8, 4) is 0 Å². The quantitative estimate of drug-likeness (QED) is 0.574. The van der Waals surface area contributed by atoms with E-state index >= 15 is 0 Å². The lowest BCUT2D eigenvalue weighted by Crippen LogP contribution is -2.52. The number of rotatable bonds is 1. The molecule has 1 saturated carbocycles. The van der Waals surface area contributed by atoms with Crippen LogP contribution in [0.4, 0.5) is 0 Å². The van der Waals surface area contributed by atoms with Gasteiger partial charge in [0.15, 0.2) is 0 Å². The first-order valence-corrected chi connectivity index (χ1v) is 4.71. The Hall–Kier alpha value is -0.900. The number of carbonyl (C=O) groups excluding carboxylic acids is 2. The van der Waals surface area contributed by atoms with Gasteiger partial charge < -0.3 is 5.73 Å². The van der Waals surface area contributed by atoms with E-state index < -0.39 is 0 Å². The Kier molecular flexibility index (Phi) is 1.87. The van der Waals surface area contributed by atoms with Gasteiger partial charge in [0.1, 0.15) is 0 Å². The molecule has 4 heteroatoms. The highest BCUT2D eigenvalue weighted by Gasteiger charge is 2.43. The summed E-state index contributed by atoms with van der Waals surface area (Å²) >= 11 is 0. The number of imide groups is 1. The normalized spacial score (nSPS) is 39.5. The van der Waals surface area contributed by atoms with E-state index in [4.69, 9.17) is 5.73 Å². The van der Waals surface area contributed by atoms with E-state index in [-0.39, 0.29) is 29.8 Å². The number of hydrogen-bond acceptors (Lipinski definition) is 3. The number of nitrogens with two attached hydrogens (primary N) is 1. The first-order valence-electron chi connectivity index (χ1n) is 4.71. The summed E-state index contributed by atoms with van der Waals surface area (Å²) in [4.78, 5) is 24.3. The molecule has 0 radical (unpaired) electrons. The third-order valence-electron chi connectivity index (χ3n) is 2.92. The smallest absolute Gasteiger partial charge is 0.232 e. The molecule has 72 valence electrons. The lowest BCUT2D eigenvalue weighted by Gasteiger charge is -2.38. The molecule has 4 nitrogen and oxygen atoms in total. The lowest BCUT2D eigenvalue weighted by atomic mass is 9.86. The minimum atomic E-state index is -0.121. The van der Waals surface area contributed by atoms with Gasteiger partial charge in [-0.2, -0.15) is 0 Å². The standard InChI is InChI=1S/C9H14N2O2/c1-5-2-8(12)11(9(5)13)7-3-6(10)4-7/h5-7H,2-4,10H2,1H3. The zero-order valence-corrected chi connectivity index (χ0v) is 7.69. The fraction of sp³-hybridized carbons (Fsp3) is 0.778. The number of carbonyl (C=O) groups is 2. The lowest BCUT2D eigenvalue weighted by molar-refractivity contribution is -0.144. The number of hydrogen-bond donors (Lipinski definition) is 1. The molecule has 2 amide bonds. The minimum Gasteiger partial charge on any atom is -0.328 e. The second-order valence-electron chi connectivity index (χ2n) is 4.09. The maximum atomic E-state index is 11.5. The summed E-state index contributed by atoms with van der Waals surface area (Å²) in [5.74, 6) is -0.152. The summed E-state index contributed by atoms with van der Waals surface area (Å²) in [5.41, 5.74) is 5.61. The van der Waals surface area contributed by atoms with Gasteiger partial charge in [0.05, 0.1) is 0 Å². The second-order valence-corrected chi connectivity index (χ2v) is 4.09. The molecule has 0 bridgehead atoms. The first kappa shape index (κ1) is 8.69. The SMILES string of the molecule is CC1CC(=O)N(C2CC(N)C2)C1=O. The van der Waals surface area contributed by atoms with Crippen LogP contribution >= 0.6 is 0 Å². The van der Waals surface area contributed by atoms with Gasteiger partial charge in [0, 0.05) is 24.4 Å². The van der Waals surface area contributed by atoms with Crippen molar-refractivity contribution in [3.63, 3.8) is 0 Å². The van der Waals surface area contributed by atoms with E-state index in [0.29, 0.717) is 6.42 Å². The fourth-order valence-corrected chi connectivity index (χ4v) is 2.03. The Balaban J connectivity index is 2.06. The van der Waals surface area contributed by atoms with Gasteiger partial charge in [0.2, 0.25) is 11.8 Å². The molecule has 2 aliphatic rings. The highest BCUT2D eigenvalue weighted by atomic mass is 16.2. The molecule has 0 spiro atoms. The molecule has 1 unspecified atom stereocenters. The molecule has 13 heavy (non-hydrogen) atoms. The summed E-state index contributed by atoms with van der Waals surface area (Å²) in [6.45, 7) is 1.80. The monoisotopic (exact) mass is 182 g/mol. The summed E-state index contributed by atoms with van der Waals surface area (Å²) in [7, 11) is 0. The van der Waals surface area contributed by atoms with Crippen LogP contribution in [0, 0.1) is 5.92 Å². The van der Waals surface area contributed by atoms with Crippen molar-refractivity contribution in [2.45, 2.75) is 38.3 Å². The molecule has 1 heterocycles. The van der Waals surface area contributed by atoms with Crippen LogP contribution < -0.4 is 5.73 Å². The molecule has 1 saturated heterocycles. The van der Waals surface area contributed by atoms with Gasteiger partial charge in [-0.15, -0.1) is 0 Å². The predicted molar refractivity (Wildman–Crippen MR) is 46.6 cm³/mol. The average molecular weight is 182 g/mol. The van der Waals surface area contributed by atoms with Crippen molar-refractivity contribution in [1.82, 2.24) is 4.90 Å². The van der Waals surface area contributed by atoms with Gasteiger partial charge >= 0.3 is 0 Å². The van der Waals surface area contributed by atoms with Crippen LogP contribution in [0.3, 0.4) is 0 Å². The van der Waals surface area contributed by atoms with E-state index in [1.165, 1.54) is 4.90 Å². The third-order valence-corrected chi connectivity index (χ3v) is 2.92. The minimum absolute atomic E-state index is 0.0121. The largest absolute Gasteiger partial charge is 0.328 e. The molecule has 1 aliphatic carbocycles. The van der Waals surface area contributed by atoms with Crippen molar-refractivity contribution in [2.75, 3.05) is 0 Å². The summed E-state index contributed by atoms with van der Waals surface area (Å²) < 4.78 is 0. The Labute approximate surface area is 77.1 Å². The molecule has 1 aliphatic heterocycles. The first-order chi connectivity index (χ1) is 6.09. The highest BCUT2D eigenvalue weighted by molar-refractivity contribution is 6.03. The van der Waals surface area contributed by atoms with Gasteiger partial charge in [0.25, 0.3) is 0 Å². The predicted octanol–water partition coefficient (Wildman–Crippen LogP) is -0.129. The molecule has 2 N–H and O–H groups in total. The van der Waals surface area contributed by atoms with Crippen molar-refractivity contribution in [2.24, 2.45) is 11.7 Å². The van der Waals surface area contributed by atoms with Crippen LogP contribution in [0.1, 0.15) is 26.2 Å². The van der Waals surface area contributed by atoms with E-state index in [1.807, 2.05) is 0 Å². The topological polar surface area (TPSA) is 63.4 Å². The zero-order chi connectivity index (χ0) is 9.59. The summed E-state index contributed by atoms with van der Waals surface area (Å²) in [6, 6.07) is 0.279. The maximum Gasteiger partial charge on any atom is 0.232 e. The Bertz CT molecular complexity index is 258. The van der Waals surface area contributed by atoms with Crippen molar-refractivity contribution in [3.05, 3.63) is 0 Å². The molecule has 2 fully saturated rings. The van der Waals surface area contributed by atoms with Crippen LogP contribution in [0.15, 0.2) is 0 Å². The van der Waals surface area contributed by atoms with Gasteiger partial charge in [-0.25, -0.2) is 0 Å². The molecule has 2 rings (SSSR count). The fourth-order valence-electron chi connectivity index (χ4n) is 2.03. The molecule has 0 aromatic carbocycles. The van der Waals surface area contributed by atoms with Crippen LogP contribution in [-0.4, -0.2) is 28.8 Å². The van der Waals surface area contributed by atoms with Crippen LogP contribution in [0.5, 0.6) is 0 Å². The zero-order valence-electron chi connectivity index (χ0n) is 7.69. The Morgan fingerprint density at radius 1 is 1.38 bits per heavy atom. The summed E-state index contributed by atoms with van der Waals surface area (Å²) in [6.07, 6.45) is 1.94. The van der Waals surface area contributed by atoms with Crippen LogP contribution in [-0.2, 0) is 9.59 Å². The van der Waals surface area contributed by atoms with Crippen LogP contribution in [0.2, 0.25) is 0 Å². The van der Waals surface area contributed by atoms with E-state index in [9.17, 15) is 9.59 Å². The Morgan fingerprint density at radius 2 is 2.00 bits per heavy atom. The molecule has 0 aromatic rings. The highest BCUT2D eigenvalue weighted by Crippen LogP contribution is 2.30. The Morgan fingerprint density at radius 3 is 2.38 bits per heavy atom. The number of nitrogens with zero attached hydrogens (tertiary/aromatic N) is 1. The van der Waals surface area contributed by atoms with Gasteiger partial charge in [-0.3, -0.25) is 14.5 Å².